The molecule has 0 bridgehead atoms. The highest BCUT2D eigenvalue weighted by molar-refractivity contribution is 5.84. The van der Waals surface area contributed by atoms with Crippen LogP contribution in [-0.4, -0.2) is 45.8 Å². The van der Waals surface area contributed by atoms with E-state index in [-0.39, 0.29) is 18.4 Å². The molecule has 0 aliphatic rings. The number of rotatable bonds is 14. The van der Waals surface area contributed by atoms with E-state index >= 15 is 0 Å². The van der Waals surface area contributed by atoms with Crippen LogP contribution in [0.1, 0.15) is 78.8 Å². The molecule has 2 amide bonds. The van der Waals surface area contributed by atoms with Crippen LogP contribution in [0.15, 0.2) is 18.3 Å². The lowest BCUT2D eigenvalue weighted by molar-refractivity contribution is -0.141. The van der Waals surface area contributed by atoms with Gasteiger partial charge in [0.1, 0.15) is 0 Å². The number of aryl methyl sites for hydroxylation is 1. The van der Waals surface area contributed by atoms with E-state index in [0.29, 0.717) is 37.9 Å². The number of carbonyl (C=O) groups excluding carboxylic acids is 2. The number of nitrogens with zero attached hydrogens (tertiary/aromatic N) is 3. The van der Waals surface area contributed by atoms with Gasteiger partial charge in [-0.2, -0.15) is 0 Å². The van der Waals surface area contributed by atoms with Crippen molar-refractivity contribution in [2.45, 2.75) is 79.7 Å². The van der Waals surface area contributed by atoms with E-state index in [9.17, 15) is 9.59 Å². The molecule has 29 heavy (non-hydrogen) atoms. The molecule has 0 saturated carbocycles. The molecular weight excluding hydrogens is 362 g/mol. The van der Waals surface area contributed by atoms with Crippen molar-refractivity contribution in [3.63, 3.8) is 0 Å². The van der Waals surface area contributed by atoms with E-state index in [1.165, 1.54) is 19.3 Å². The minimum atomic E-state index is 0.0416. The van der Waals surface area contributed by atoms with Gasteiger partial charge >= 0.3 is 0 Å². The normalized spacial score (nSPS) is 11.3. The highest BCUT2D eigenvalue weighted by Crippen LogP contribution is 2.12. The molecule has 0 fully saturated rings. The SMILES string of the molecule is CCCCCCCC(=O)N(CC(=O)N(Cc1cccn1C)CC(C)C)CC(C)C. The molecule has 0 saturated heterocycles. The fourth-order valence-electron chi connectivity index (χ4n) is 3.55. The second-order valence-corrected chi connectivity index (χ2v) is 9.11. The van der Waals surface area contributed by atoms with Crippen LogP contribution in [0.25, 0.3) is 0 Å². The Morgan fingerprint density at radius 3 is 2.10 bits per heavy atom. The van der Waals surface area contributed by atoms with Gasteiger partial charge in [-0.3, -0.25) is 9.59 Å². The molecule has 0 aromatic carbocycles. The summed E-state index contributed by atoms with van der Waals surface area (Å²) < 4.78 is 2.05. The topological polar surface area (TPSA) is 45.6 Å². The third-order valence-corrected chi connectivity index (χ3v) is 5.10. The summed E-state index contributed by atoms with van der Waals surface area (Å²) in [5.74, 6) is 0.886. The van der Waals surface area contributed by atoms with Crippen LogP contribution >= 0.6 is 0 Å². The number of amides is 2. The minimum Gasteiger partial charge on any atom is -0.353 e. The summed E-state index contributed by atoms with van der Waals surface area (Å²) in [5, 5.41) is 0. The Labute approximate surface area is 178 Å². The van der Waals surface area contributed by atoms with Crippen LogP contribution in [0.2, 0.25) is 0 Å². The van der Waals surface area contributed by atoms with Gasteiger partial charge in [-0.1, -0.05) is 60.3 Å². The quantitative estimate of drug-likeness (QED) is 0.415. The summed E-state index contributed by atoms with van der Waals surface area (Å²) in [5.41, 5.74) is 1.11. The van der Waals surface area contributed by atoms with Crippen molar-refractivity contribution in [2.75, 3.05) is 19.6 Å². The van der Waals surface area contributed by atoms with Crippen LogP contribution in [-0.2, 0) is 23.2 Å². The third kappa shape index (κ3) is 10.00. The van der Waals surface area contributed by atoms with Crippen LogP contribution in [0, 0.1) is 11.8 Å². The van der Waals surface area contributed by atoms with E-state index in [4.69, 9.17) is 0 Å². The first kappa shape index (κ1) is 25.3. The second-order valence-electron chi connectivity index (χ2n) is 9.11. The molecule has 1 rings (SSSR count). The van der Waals surface area contributed by atoms with E-state index < -0.39 is 0 Å². The Hall–Kier alpha value is -1.78. The lowest BCUT2D eigenvalue weighted by atomic mass is 10.1. The summed E-state index contributed by atoms with van der Waals surface area (Å²) in [6.45, 7) is 12.7. The molecule has 0 radical (unpaired) electrons. The lowest BCUT2D eigenvalue weighted by Crippen LogP contribution is -2.45. The summed E-state index contributed by atoms with van der Waals surface area (Å²) >= 11 is 0. The molecule has 166 valence electrons. The van der Waals surface area contributed by atoms with Crippen LogP contribution < -0.4 is 0 Å². The van der Waals surface area contributed by atoms with Crippen molar-refractivity contribution in [1.82, 2.24) is 14.4 Å². The van der Waals surface area contributed by atoms with Crippen molar-refractivity contribution < 1.29 is 9.59 Å². The highest BCUT2D eigenvalue weighted by atomic mass is 16.2. The number of hydrogen-bond acceptors (Lipinski definition) is 2. The summed E-state index contributed by atoms with van der Waals surface area (Å²) in [7, 11) is 2.00. The van der Waals surface area contributed by atoms with Crippen molar-refractivity contribution in [3.05, 3.63) is 24.0 Å². The van der Waals surface area contributed by atoms with Crippen LogP contribution in [0.4, 0.5) is 0 Å². The van der Waals surface area contributed by atoms with Gasteiger partial charge in [-0.05, 0) is 30.4 Å². The lowest BCUT2D eigenvalue weighted by Gasteiger charge is -2.30. The summed E-state index contributed by atoms with van der Waals surface area (Å²) in [6.07, 6.45) is 8.18. The monoisotopic (exact) mass is 405 g/mol. The molecule has 1 heterocycles. The zero-order valence-corrected chi connectivity index (χ0v) is 19.6. The van der Waals surface area contributed by atoms with Gasteiger partial charge in [0.2, 0.25) is 11.8 Å². The molecule has 0 spiro atoms. The number of carbonyl (C=O) groups is 2. The molecule has 0 atom stereocenters. The van der Waals surface area contributed by atoms with Crippen molar-refractivity contribution >= 4 is 11.8 Å². The molecular formula is C24H43N3O2. The Morgan fingerprint density at radius 2 is 1.55 bits per heavy atom. The van der Waals surface area contributed by atoms with Gasteiger partial charge in [0.15, 0.2) is 0 Å². The molecule has 1 aromatic rings. The molecule has 1 aromatic heterocycles. The molecule has 0 N–H and O–H groups in total. The zero-order valence-electron chi connectivity index (χ0n) is 19.6. The van der Waals surface area contributed by atoms with Gasteiger partial charge in [0.25, 0.3) is 0 Å². The fraction of sp³-hybridized carbons (Fsp3) is 0.750. The molecule has 5 heteroatoms. The van der Waals surface area contributed by atoms with Gasteiger partial charge in [-0.25, -0.2) is 0 Å². The maximum atomic E-state index is 13.2. The van der Waals surface area contributed by atoms with Gasteiger partial charge in [0, 0.05) is 38.4 Å². The largest absolute Gasteiger partial charge is 0.353 e. The molecule has 0 aliphatic carbocycles. The van der Waals surface area contributed by atoms with Gasteiger partial charge in [-0.15, -0.1) is 0 Å². The van der Waals surface area contributed by atoms with Crippen molar-refractivity contribution in [3.8, 4) is 0 Å². The number of hydrogen-bond donors (Lipinski definition) is 0. The number of unbranched alkanes of at least 4 members (excludes halogenated alkanes) is 4. The van der Waals surface area contributed by atoms with E-state index in [2.05, 4.69) is 34.6 Å². The standard InChI is InChI=1S/C24H43N3O2/c1-7-8-9-10-11-14-23(28)27(17-21(4)5)19-24(29)26(16-20(2)3)18-22-13-12-15-25(22)6/h12-13,15,20-21H,7-11,14,16-19H2,1-6H3. The summed E-state index contributed by atoms with van der Waals surface area (Å²) in [4.78, 5) is 29.7. The first-order valence-electron chi connectivity index (χ1n) is 11.4. The Kier molecular flexibility index (Phi) is 11.7. The first-order valence-corrected chi connectivity index (χ1v) is 11.4. The maximum Gasteiger partial charge on any atom is 0.242 e. The Morgan fingerprint density at radius 1 is 0.931 bits per heavy atom. The van der Waals surface area contributed by atoms with Gasteiger partial charge < -0.3 is 14.4 Å². The van der Waals surface area contributed by atoms with Crippen molar-refractivity contribution in [2.24, 2.45) is 18.9 Å². The first-order chi connectivity index (χ1) is 13.7. The third-order valence-electron chi connectivity index (χ3n) is 5.10. The highest BCUT2D eigenvalue weighted by Gasteiger charge is 2.23. The van der Waals surface area contributed by atoms with Crippen molar-refractivity contribution in [1.29, 1.82) is 0 Å². The average Bonchev–Trinajstić information content (AvgIpc) is 3.04. The molecule has 0 aliphatic heterocycles. The average molecular weight is 406 g/mol. The Bertz CT molecular complexity index is 607. The second kappa shape index (κ2) is 13.4. The fourth-order valence-corrected chi connectivity index (χ4v) is 3.55. The summed E-state index contributed by atoms with van der Waals surface area (Å²) in [6, 6.07) is 4.05. The zero-order chi connectivity index (χ0) is 21.8. The van der Waals surface area contributed by atoms with Crippen LogP contribution in [0.5, 0.6) is 0 Å². The maximum absolute atomic E-state index is 13.2. The van der Waals surface area contributed by atoms with Crippen LogP contribution in [0.3, 0.4) is 0 Å². The minimum absolute atomic E-state index is 0.0416. The molecule has 5 nitrogen and oxygen atoms in total. The van der Waals surface area contributed by atoms with Gasteiger partial charge in [0.05, 0.1) is 13.1 Å². The smallest absolute Gasteiger partial charge is 0.242 e. The number of aromatic nitrogens is 1. The predicted octanol–water partition coefficient (Wildman–Crippen LogP) is 4.85. The molecule has 0 unspecified atom stereocenters. The Balaban J connectivity index is 2.75. The predicted molar refractivity (Wildman–Crippen MR) is 120 cm³/mol. The van der Waals surface area contributed by atoms with E-state index in [1.54, 1.807) is 4.90 Å². The van der Waals surface area contributed by atoms with E-state index in [1.807, 2.05) is 34.8 Å². The van der Waals surface area contributed by atoms with E-state index in [0.717, 1.165) is 18.5 Å².